The molecule has 2 saturated carbocycles. The van der Waals surface area contributed by atoms with Crippen LogP contribution in [0, 0.1) is 35.2 Å². The van der Waals surface area contributed by atoms with Crippen LogP contribution in [0.25, 0.3) is 22.3 Å². The third kappa shape index (κ3) is 9.64. The van der Waals surface area contributed by atoms with E-state index < -0.39 is 11.6 Å². The van der Waals surface area contributed by atoms with E-state index in [1.54, 1.807) is 18.2 Å². The van der Waals surface area contributed by atoms with Gasteiger partial charge >= 0.3 is 0 Å². The van der Waals surface area contributed by atoms with Crippen molar-refractivity contribution in [2.75, 3.05) is 0 Å². The number of unbranched alkanes of at least 4 members (excludes halogenated alkanes) is 7. The Hall–Kier alpha value is -2.81. The van der Waals surface area contributed by atoms with Crippen molar-refractivity contribution >= 4 is 0 Å². The quantitative estimate of drug-likeness (QED) is 0.108. The zero-order chi connectivity index (χ0) is 33.0. The second-order valence-corrected chi connectivity index (χ2v) is 14.7. The highest BCUT2D eigenvalue weighted by Gasteiger charge is 2.32. The summed E-state index contributed by atoms with van der Waals surface area (Å²) in [7, 11) is 0. The van der Waals surface area contributed by atoms with E-state index in [4.69, 9.17) is 0 Å². The average Bonchev–Trinajstić information content (AvgIpc) is 3.11. The molecule has 254 valence electrons. The molecule has 0 aromatic heterocycles. The number of hydrogen-bond acceptors (Lipinski definition) is 0. The van der Waals surface area contributed by atoms with Gasteiger partial charge in [-0.3, -0.25) is 0 Å². The van der Waals surface area contributed by atoms with Crippen LogP contribution in [-0.4, -0.2) is 0 Å². The molecule has 0 nitrogen and oxygen atoms in total. The summed E-state index contributed by atoms with van der Waals surface area (Å²) in [6.45, 7) is 6.10. The van der Waals surface area contributed by atoms with E-state index in [9.17, 15) is 4.39 Å². The van der Waals surface area contributed by atoms with Crippen LogP contribution in [0.15, 0.2) is 67.3 Å². The molecule has 2 aliphatic carbocycles. The standard InChI is InChI=1S/C44H57F3/c1-3-5-7-8-9-10-11-12-14-38-27-30-41(44(47)43(38)46)37-25-21-35(22-26-37)39-28-29-40(42(45)31-39)36-23-19-34(20-24-36)33-17-15-32(16-18-33)13-6-4-2/h4,21-22,25-34,36H,2-3,5-20,23-24H2,1H3. The Kier molecular flexibility index (Phi) is 13.7. The second-order valence-electron chi connectivity index (χ2n) is 14.7. The lowest BCUT2D eigenvalue weighted by molar-refractivity contribution is 0.156. The van der Waals surface area contributed by atoms with Gasteiger partial charge in [-0.05, 0) is 122 Å². The van der Waals surface area contributed by atoms with Crippen molar-refractivity contribution in [1.29, 1.82) is 0 Å². The third-order valence-electron chi connectivity index (χ3n) is 11.5. The van der Waals surface area contributed by atoms with E-state index in [1.807, 2.05) is 36.4 Å². The predicted molar refractivity (Wildman–Crippen MR) is 193 cm³/mol. The number of halogens is 3. The number of allylic oxidation sites excluding steroid dienone is 1. The summed E-state index contributed by atoms with van der Waals surface area (Å²) in [4.78, 5) is 0. The van der Waals surface area contributed by atoms with E-state index in [0.717, 1.165) is 73.0 Å². The largest absolute Gasteiger partial charge is 0.207 e. The van der Waals surface area contributed by atoms with Crippen molar-refractivity contribution in [1.82, 2.24) is 0 Å². The highest BCUT2D eigenvalue weighted by molar-refractivity contribution is 5.71. The Balaban J connectivity index is 1.12. The number of aryl methyl sites for hydroxylation is 1. The van der Waals surface area contributed by atoms with Crippen molar-refractivity contribution in [2.24, 2.45) is 17.8 Å². The second kappa shape index (κ2) is 18.1. The fourth-order valence-electron chi connectivity index (χ4n) is 8.54. The molecular weight excluding hydrogens is 585 g/mol. The van der Waals surface area contributed by atoms with Gasteiger partial charge in [0.15, 0.2) is 11.6 Å². The number of benzene rings is 3. The maximum Gasteiger partial charge on any atom is 0.166 e. The van der Waals surface area contributed by atoms with Gasteiger partial charge in [0, 0.05) is 5.56 Å². The molecule has 0 unspecified atom stereocenters. The zero-order valence-electron chi connectivity index (χ0n) is 28.9. The van der Waals surface area contributed by atoms with E-state index in [1.165, 1.54) is 77.0 Å². The van der Waals surface area contributed by atoms with Crippen molar-refractivity contribution < 1.29 is 13.2 Å². The fourth-order valence-corrected chi connectivity index (χ4v) is 8.54. The summed E-state index contributed by atoms with van der Waals surface area (Å²) in [5.74, 6) is 1.20. The van der Waals surface area contributed by atoms with Gasteiger partial charge in [-0.2, -0.15) is 0 Å². The van der Waals surface area contributed by atoms with Gasteiger partial charge in [0.05, 0.1) is 0 Å². The molecule has 0 bridgehead atoms. The van der Waals surface area contributed by atoms with Gasteiger partial charge in [0.2, 0.25) is 0 Å². The first kappa shape index (κ1) is 35.5. The molecule has 0 N–H and O–H groups in total. The summed E-state index contributed by atoms with van der Waals surface area (Å²) in [5, 5.41) is 0. The lowest BCUT2D eigenvalue weighted by Gasteiger charge is -2.38. The maximum atomic E-state index is 15.5. The monoisotopic (exact) mass is 642 g/mol. The molecule has 3 aromatic rings. The lowest BCUT2D eigenvalue weighted by Crippen LogP contribution is -2.25. The molecule has 0 spiro atoms. The number of hydrogen-bond donors (Lipinski definition) is 0. The van der Waals surface area contributed by atoms with Gasteiger partial charge in [-0.15, -0.1) is 6.58 Å². The molecule has 0 radical (unpaired) electrons. The molecule has 5 rings (SSSR count). The van der Waals surface area contributed by atoms with Crippen LogP contribution in [0.3, 0.4) is 0 Å². The van der Waals surface area contributed by atoms with Gasteiger partial charge in [-0.1, -0.05) is 119 Å². The van der Waals surface area contributed by atoms with Crippen LogP contribution in [0.5, 0.6) is 0 Å². The highest BCUT2D eigenvalue weighted by atomic mass is 19.2. The van der Waals surface area contributed by atoms with Crippen molar-refractivity contribution in [3.63, 3.8) is 0 Å². The molecule has 0 aliphatic heterocycles. The van der Waals surface area contributed by atoms with Gasteiger partial charge < -0.3 is 0 Å². The fraction of sp³-hybridized carbons (Fsp3) is 0.545. The normalized spacial score (nSPS) is 21.5. The molecule has 47 heavy (non-hydrogen) atoms. The van der Waals surface area contributed by atoms with Crippen LogP contribution in [0.4, 0.5) is 13.2 Å². The van der Waals surface area contributed by atoms with E-state index >= 15 is 8.78 Å². The van der Waals surface area contributed by atoms with Crippen LogP contribution in [0.2, 0.25) is 0 Å². The Labute approximate surface area is 283 Å². The topological polar surface area (TPSA) is 0 Å². The zero-order valence-corrected chi connectivity index (χ0v) is 28.9. The predicted octanol–water partition coefficient (Wildman–Crippen LogP) is 14.2. The van der Waals surface area contributed by atoms with Gasteiger partial charge in [0.25, 0.3) is 0 Å². The SMILES string of the molecule is C=CCCC1CCC(C2CCC(c3ccc(-c4ccc(-c5ccc(CCCCCCCCCC)c(F)c5F)cc4)cc3F)CC2)CC1. The molecule has 3 heteroatoms. The minimum absolute atomic E-state index is 0.127. The molecule has 0 heterocycles. The maximum absolute atomic E-state index is 15.5. The van der Waals surface area contributed by atoms with E-state index in [-0.39, 0.29) is 11.4 Å². The Morgan fingerprint density at radius 3 is 1.87 bits per heavy atom. The first-order valence-corrected chi connectivity index (χ1v) is 19.0. The van der Waals surface area contributed by atoms with E-state index in [0.29, 0.717) is 23.5 Å². The number of rotatable bonds is 16. The van der Waals surface area contributed by atoms with Crippen LogP contribution in [0.1, 0.15) is 140 Å². The van der Waals surface area contributed by atoms with Crippen LogP contribution < -0.4 is 0 Å². The summed E-state index contributed by atoms with van der Waals surface area (Å²) in [6.07, 6.45) is 24.5. The van der Waals surface area contributed by atoms with Crippen molar-refractivity contribution in [2.45, 2.75) is 135 Å². The first-order chi connectivity index (χ1) is 23.0. The molecule has 0 atom stereocenters. The minimum atomic E-state index is -0.781. The molecule has 3 aromatic carbocycles. The smallest absolute Gasteiger partial charge is 0.166 e. The van der Waals surface area contributed by atoms with Crippen molar-refractivity contribution in [3.05, 3.63) is 95.8 Å². The van der Waals surface area contributed by atoms with Crippen LogP contribution in [-0.2, 0) is 6.42 Å². The average molecular weight is 643 g/mol. The summed E-state index contributed by atoms with van der Waals surface area (Å²) < 4.78 is 45.6. The lowest BCUT2D eigenvalue weighted by atomic mass is 9.68. The molecule has 0 saturated heterocycles. The Morgan fingerprint density at radius 1 is 0.638 bits per heavy atom. The summed E-state index contributed by atoms with van der Waals surface area (Å²) >= 11 is 0. The Morgan fingerprint density at radius 2 is 1.23 bits per heavy atom. The molecular formula is C44H57F3. The molecule has 0 amide bonds. The third-order valence-corrected chi connectivity index (χ3v) is 11.5. The van der Waals surface area contributed by atoms with Gasteiger partial charge in [0.1, 0.15) is 5.82 Å². The minimum Gasteiger partial charge on any atom is -0.207 e. The summed E-state index contributed by atoms with van der Waals surface area (Å²) in [6, 6.07) is 16.5. The molecule has 2 fully saturated rings. The Bertz CT molecular complexity index is 1390. The molecule has 2 aliphatic rings. The van der Waals surface area contributed by atoms with Gasteiger partial charge in [-0.25, -0.2) is 13.2 Å². The van der Waals surface area contributed by atoms with Crippen LogP contribution >= 0.6 is 0 Å². The van der Waals surface area contributed by atoms with Crippen molar-refractivity contribution in [3.8, 4) is 22.3 Å². The summed E-state index contributed by atoms with van der Waals surface area (Å²) in [5.41, 5.74) is 3.89. The van der Waals surface area contributed by atoms with E-state index in [2.05, 4.69) is 19.6 Å². The highest BCUT2D eigenvalue weighted by Crippen LogP contribution is 2.45. The first-order valence-electron chi connectivity index (χ1n) is 19.0.